The quantitative estimate of drug-likeness (QED) is 0.826. The molecule has 25 heavy (non-hydrogen) atoms. The van der Waals surface area contributed by atoms with Crippen molar-refractivity contribution in [1.29, 1.82) is 0 Å². The standard InChI is InChI=1S/C17H22N4O3S/c1-12-4-5-14(10-13(12)2)16(22)21-8-6-15(7-9-21)25(23,24)17-19-18-11-20(17)3/h4-5,10-11,15H,6-9H2,1-3H3. The molecule has 1 amide bonds. The molecule has 0 radical (unpaired) electrons. The number of aromatic nitrogens is 3. The number of piperidine rings is 1. The van der Waals surface area contributed by atoms with E-state index in [1.165, 1.54) is 10.9 Å². The highest BCUT2D eigenvalue weighted by Gasteiger charge is 2.35. The molecule has 0 atom stereocenters. The minimum atomic E-state index is -3.52. The summed E-state index contributed by atoms with van der Waals surface area (Å²) in [5.41, 5.74) is 2.87. The Kier molecular flexibility index (Phi) is 4.64. The van der Waals surface area contributed by atoms with Crippen LogP contribution in [0.1, 0.15) is 34.3 Å². The number of benzene rings is 1. The Morgan fingerprint density at radius 3 is 2.40 bits per heavy atom. The van der Waals surface area contributed by atoms with Gasteiger partial charge < -0.3 is 9.47 Å². The average Bonchev–Trinajstić information content (AvgIpc) is 3.04. The zero-order valence-electron chi connectivity index (χ0n) is 14.6. The van der Waals surface area contributed by atoms with E-state index in [0.29, 0.717) is 31.5 Å². The Morgan fingerprint density at radius 2 is 1.84 bits per heavy atom. The third-order valence-corrected chi connectivity index (χ3v) is 7.07. The van der Waals surface area contributed by atoms with E-state index < -0.39 is 15.1 Å². The molecule has 1 saturated heterocycles. The lowest BCUT2D eigenvalue weighted by atomic mass is 10.0. The van der Waals surface area contributed by atoms with Gasteiger partial charge in [0.25, 0.3) is 5.91 Å². The molecule has 0 N–H and O–H groups in total. The van der Waals surface area contributed by atoms with Crippen LogP contribution in [0.4, 0.5) is 0 Å². The second kappa shape index (κ2) is 6.59. The molecular weight excluding hydrogens is 340 g/mol. The smallest absolute Gasteiger partial charge is 0.253 e. The fraction of sp³-hybridized carbons (Fsp3) is 0.471. The molecule has 1 aliphatic rings. The molecule has 1 aromatic carbocycles. The van der Waals surface area contributed by atoms with Crippen LogP contribution in [-0.2, 0) is 16.9 Å². The number of rotatable bonds is 3. The summed E-state index contributed by atoms with van der Waals surface area (Å²) < 4.78 is 26.8. The molecule has 134 valence electrons. The van der Waals surface area contributed by atoms with Crippen LogP contribution < -0.4 is 0 Å². The molecule has 8 heteroatoms. The summed E-state index contributed by atoms with van der Waals surface area (Å²) in [5, 5.41) is 6.84. The van der Waals surface area contributed by atoms with Crippen molar-refractivity contribution in [2.24, 2.45) is 7.05 Å². The number of likely N-dealkylation sites (tertiary alicyclic amines) is 1. The average molecular weight is 362 g/mol. The molecule has 2 heterocycles. The summed E-state index contributed by atoms with van der Waals surface area (Å²) in [7, 11) is -1.91. The summed E-state index contributed by atoms with van der Waals surface area (Å²) in [6.07, 6.45) is 2.20. The third-order valence-electron chi connectivity index (χ3n) is 4.85. The van der Waals surface area contributed by atoms with E-state index >= 15 is 0 Å². The van der Waals surface area contributed by atoms with E-state index in [2.05, 4.69) is 10.2 Å². The van der Waals surface area contributed by atoms with E-state index in [-0.39, 0.29) is 11.1 Å². The van der Waals surface area contributed by atoms with Crippen molar-refractivity contribution in [3.63, 3.8) is 0 Å². The maximum atomic E-state index is 12.7. The van der Waals surface area contributed by atoms with Gasteiger partial charge in [-0.1, -0.05) is 6.07 Å². The maximum absolute atomic E-state index is 12.7. The third kappa shape index (κ3) is 3.30. The van der Waals surface area contributed by atoms with Gasteiger partial charge in [0, 0.05) is 25.7 Å². The summed E-state index contributed by atoms with van der Waals surface area (Å²) in [5.74, 6) is -0.0439. The zero-order chi connectivity index (χ0) is 18.2. The Bertz CT molecular complexity index is 896. The molecule has 0 bridgehead atoms. The van der Waals surface area contributed by atoms with Gasteiger partial charge in [-0.05, 0) is 49.9 Å². The minimum absolute atomic E-state index is 0.00793. The first kappa shape index (κ1) is 17.6. The predicted molar refractivity (Wildman–Crippen MR) is 93.0 cm³/mol. The monoisotopic (exact) mass is 362 g/mol. The first-order valence-corrected chi connectivity index (χ1v) is 9.80. The lowest BCUT2D eigenvalue weighted by molar-refractivity contribution is 0.0725. The van der Waals surface area contributed by atoms with Crippen LogP contribution in [0, 0.1) is 13.8 Å². The van der Waals surface area contributed by atoms with Gasteiger partial charge in [-0.2, -0.15) is 0 Å². The number of amides is 1. The molecule has 0 aliphatic carbocycles. The number of nitrogens with zero attached hydrogens (tertiary/aromatic N) is 4. The first-order valence-electron chi connectivity index (χ1n) is 8.25. The van der Waals surface area contributed by atoms with Crippen LogP contribution in [0.3, 0.4) is 0 Å². The highest BCUT2D eigenvalue weighted by Crippen LogP contribution is 2.24. The van der Waals surface area contributed by atoms with Crippen LogP contribution >= 0.6 is 0 Å². The summed E-state index contributed by atoms with van der Waals surface area (Å²) in [6.45, 7) is 4.83. The Morgan fingerprint density at radius 1 is 1.16 bits per heavy atom. The highest BCUT2D eigenvalue weighted by molar-refractivity contribution is 7.91. The van der Waals surface area contributed by atoms with Gasteiger partial charge in [0.1, 0.15) is 6.33 Å². The fourth-order valence-electron chi connectivity index (χ4n) is 3.11. The largest absolute Gasteiger partial charge is 0.339 e. The second-order valence-corrected chi connectivity index (χ2v) is 8.68. The number of sulfone groups is 1. The van der Waals surface area contributed by atoms with E-state index in [9.17, 15) is 13.2 Å². The molecule has 1 aliphatic heterocycles. The summed E-state index contributed by atoms with van der Waals surface area (Å²) in [4.78, 5) is 14.4. The molecule has 3 rings (SSSR count). The summed E-state index contributed by atoms with van der Waals surface area (Å²) in [6, 6.07) is 5.65. The second-order valence-electron chi connectivity index (χ2n) is 6.56. The molecular formula is C17H22N4O3S. The summed E-state index contributed by atoms with van der Waals surface area (Å²) >= 11 is 0. The Labute approximate surface area is 147 Å². The molecule has 0 saturated carbocycles. The molecule has 2 aromatic rings. The van der Waals surface area contributed by atoms with Crippen molar-refractivity contribution in [3.8, 4) is 0 Å². The van der Waals surface area contributed by atoms with Gasteiger partial charge in [-0.15, -0.1) is 10.2 Å². The van der Waals surface area contributed by atoms with Crippen LogP contribution in [0.15, 0.2) is 29.7 Å². The molecule has 7 nitrogen and oxygen atoms in total. The van der Waals surface area contributed by atoms with Gasteiger partial charge >= 0.3 is 0 Å². The zero-order valence-corrected chi connectivity index (χ0v) is 15.5. The van der Waals surface area contributed by atoms with E-state index in [1.54, 1.807) is 11.9 Å². The number of aryl methyl sites for hydroxylation is 3. The Hall–Kier alpha value is -2.22. The normalized spacial score (nSPS) is 16.2. The van der Waals surface area contributed by atoms with Gasteiger partial charge in [-0.25, -0.2) is 8.42 Å². The SMILES string of the molecule is Cc1ccc(C(=O)N2CCC(S(=O)(=O)c3nncn3C)CC2)cc1C. The Balaban J connectivity index is 1.70. The van der Waals surface area contributed by atoms with Crippen molar-refractivity contribution in [3.05, 3.63) is 41.2 Å². The van der Waals surface area contributed by atoms with Gasteiger partial charge in [0.05, 0.1) is 5.25 Å². The number of carbonyl (C=O) groups is 1. The van der Waals surface area contributed by atoms with Gasteiger partial charge in [0.2, 0.25) is 15.0 Å². The lowest BCUT2D eigenvalue weighted by Gasteiger charge is -2.31. The number of carbonyl (C=O) groups excluding carboxylic acids is 1. The lowest BCUT2D eigenvalue weighted by Crippen LogP contribution is -2.42. The number of hydrogen-bond donors (Lipinski definition) is 0. The van der Waals surface area contributed by atoms with Crippen molar-refractivity contribution in [2.45, 2.75) is 37.1 Å². The topological polar surface area (TPSA) is 85.2 Å². The van der Waals surface area contributed by atoms with Crippen LogP contribution in [0.2, 0.25) is 0 Å². The first-order chi connectivity index (χ1) is 11.8. The van der Waals surface area contributed by atoms with Gasteiger partial charge in [0.15, 0.2) is 0 Å². The molecule has 1 fully saturated rings. The molecule has 1 aromatic heterocycles. The maximum Gasteiger partial charge on any atom is 0.253 e. The molecule has 0 spiro atoms. The van der Waals surface area contributed by atoms with Crippen molar-refractivity contribution < 1.29 is 13.2 Å². The van der Waals surface area contributed by atoms with Crippen LogP contribution in [-0.4, -0.2) is 52.3 Å². The van der Waals surface area contributed by atoms with Crippen molar-refractivity contribution in [2.75, 3.05) is 13.1 Å². The molecule has 0 unspecified atom stereocenters. The van der Waals surface area contributed by atoms with E-state index in [1.807, 2.05) is 32.0 Å². The van der Waals surface area contributed by atoms with E-state index in [0.717, 1.165) is 11.1 Å². The van der Waals surface area contributed by atoms with Crippen LogP contribution in [0.25, 0.3) is 0 Å². The predicted octanol–water partition coefficient (Wildman–Crippen LogP) is 1.51. The van der Waals surface area contributed by atoms with Crippen molar-refractivity contribution in [1.82, 2.24) is 19.7 Å². The number of hydrogen-bond acceptors (Lipinski definition) is 5. The van der Waals surface area contributed by atoms with Crippen molar-refractivity contribution >= 4 is 15.7 Å². The van der Waals surface area contributed by atoms with E-state index in [4.69, 9.17) is 0 Å². The fourth-order valence-corrected chi connectivity index (χ4v) is 4.84. The highest BCUT2D eigenvalue weighted by atomic mass is 32.2. The minimum Gasteiger partial charge on any atom is -0.339 e. The van der Waals surface area contributed by atoms with Gasteiger partial charge in [-0.3, -0.25) is 4.79 Å². The van der Waals surface area contributed by atoms with Crippen LogP contribution in [0.5, 0.6) is 0 Å².